The molecule has 1 unspecified atom stereocenters. The molecule has 208 valence electrons. The molecule has 4 aliphatic rings. The van der Waals surface area contributed by atoms with Crippen molar-refractivity contribution >= 4 is 11.9 Å². The maximum atomic E-state index is 12.6. The lowest BCUT2D eigenvalue weighted by Crippen LogP contribution is -2.65. The van der Waals surface area contributed by atoms with Crippen LogP contribution in [0.1, 0.15) is 99.8 Å². The highest BCUT2D eigenvalue weighted by atomic mass is 16.5. The van der Waals surface area contributed by atoms with Crippen molar-refractivity contribution in [1.29, 1.82) is 0 Å². The van der Waals surface area contributed by atoms with Gasteiger partial charge in [0.1, 0.15) is 6.10 Å². The van der Waals surface area contributed by atoms with Gasteiger partial charge >= 0.3 is 11.9 Å². The molecule has 4 saturated carbocycles. The smallest absolute Gasteiger partial charge is 0.331 e. The Bertz CT molecular complexity index is 994. The number of hydrogen-bond donors (Lipinski definition) is 3. The summed E-state index contributed by atoms with van der Waals surface area (Å²) in [5, 5.41) is 32.9. The highest BCUT2D eigenvalue weighted by Crippen LogP contribution is 2.74. The third-order valence-corrected chi connectivity index (χ3v) is 11.6. The Morgan fingerprint density at radius 1 is 1.03 bits per heavy atom. The van der Waals surface area contributed by atoms with Gasteiger partial charge in [-0.15, -0.1) is 0 Å². The lowest BCUT2D eigenvalue weighted by molar-refractivity contribution is -0.234. The Morgan fingerprint density at radius 2 is 1.70 bits per heavy atom. The number of esters is 1. The Morgan fingerprint density at radius 3 is 2.30 bits per heavy atom. The Balaban J connectivity index is 1.82. The van der Waals surface area contributed by atoms with Crippen molar-refractivity contribution < 1.29 is 29.6 Å². The molecule has 0 saturated heterocycles. The summed E-state index contributed by atoms with van der Waals surface area (Å²) in [6, 6.07) is 0. The molecule has 0 bridgehead atoms. The maximum Gasteiger partial charge on any atom is 0.331 e. The molecule has 4 rings (SSSR count). The van der Waals surface area contributed by atoms with Crippen molar-refractivity contribution in [2.45, 2.75) is 118 Å². The minimum atomic E-state index is -0.953. The van der Waals surface area contributed by atoms with Gasteiger partial charge in [-0.2, -0.15) is 0 Å². The SMILES string of the molecule is CC(=O)O[C@H]1C[C@@]2(C)[C@@H](C[C@@H](O)C3[C@]2(C)CC[C@H]2[C@H](C)[C@H](O)CC[C@]32C)/C1=C(/CCC=C(C)C)C(=O)O. The summed E-state index contributed by atoms with van der Waals surface area (Å²) >= 11 is 0. The molecule has 0 aromatic heterocycles. The summed E-state index contributed by atoms with van der Waals surface area (Å²) in [4.78, 5) is 24.8. The van der Waals surface area contributed by atoms with Gasteiger partial charge in [0, 0.05) is 12.5 Å². The van der Waals surface area contributed by atoms with Gasteiger partial charge < -0.3 is 20.1 Å². The molecule has 3 N–H and O–H groups in total. The van der Waals surface area contributed by atoms with E-state index in [1.165, 1.54) is 6.92 Å². The van der Waals surface area contributed by atoms with E-state index < -0.39 is 24.1 Å². The predicted molar refractivity (Wildman–Crippen MR) is 143 cm³/mol. The van der Waals surface area contributed by atoms with Crippen molar-refractivity contribution in [1.82, 2.24) is 0 Å². The molecule has 4 aliphatic carbocycles. The third kappa shape index (κ3) is 4.40. The average molecular weight is 517 g/mol. The first kappa shape index (κ1) is 28.4. The van der Waals surface area contributed by atoms with Crippen LogP contribution in [0.25, 0.3) is 0 Å². The summed E-state index contributed by atoms with van der Waals surface area (Å²) in [6.07, 6.45) is 6.22. The number of carbonyl (C=O) groups is 2. The van der Waals surface area contributed by atoms with Crippen LogP contribution in [0.2, 0.25) is 0 Å². The van der Waals surface area contributed by atoms with Crippen molar-refractivity contribution in [2.24, 2.45) is 39.9 Å². The van der Waals surface area contributed by atoms with E-state index in [1.807, 2.05) is 19.9 Å². The molecule has 0 aromatic carbocycles. The van der Waals surface area contributed by atoms with Gasteiger partial charge in [-0.3, -0.25) is 4.79 Å². The second-order valence-corrected chi connectivity index (χ2v) is 13.6. The van der Waals surface area contributed by atoms with E-state index in [1.54, 1.807) is 0 Å². The Labute approximate surface area is 222 Å². The second kappa shape index (κ2) is 9.82. The van der Waals surface area contributed by atoms with Crippen LogP contribution >= 0.6 is 0 Å². The number of aliphatic carboxylic acids is 1. The van der Waals surface area contributed by atoms with Crippen LogP contribution in [-0.4, -0.2) is 45.6 Å². The summed E-state index contributed by atoms with van der Waals surface area (Å²) in [5.74, 6) is -0.909. The van der Waals surface area contributed by atoms with Crippen LogP contribution < -0.4 is 0 Å². The molecular weight excluding hydrogens is 468 g/mol. The van der Waals surface area contributed by atoms with E-state index in [4.69, 9.17) is 4.74 Å². The summed E-state index contributed by atoms with van der Waals surface area (Å²) < 4.78 is 5.87. The minimum absolute atomic E-state index is 0.0474. The molecule has 0 radical (unpaired) electrons. The topological polar surface area (TPSA) is 104 Å². The Hall–Kier alpha value is -1.66. The monoisotopic (exact) mass is 516 g/mol. The molecule has 4 fully saturated rings. The van der Waals surface area contributed by atoms with Gasteiger partial charge in [0.2, 0.25) is 0 Å². The zero-order valence-corrected chi connectivity index (χ0v) is 23.8. The molecule has 0 spiro atoms. The predicted octanol–water partition coefficient (Wildman–Crippen LogP) is 5.67. The summed E-state index contributed by atoms with van der Waals surface area (Å²) in [6.45, 7) is 14.5. The number of hydrogen-bond acceptors (Lipinski definition) is 5. The van der Waals surface area contributed by atoms with Gasteiger partial charge in [0.25, 0.3) is 0 Å². The Kier molecular flexibility index (Phi) is 7.53. The molecule has 0 amide bonds. The van der Waals surface area contributed by atoms with E-state index >= 15 is 0 Å². The largest absolute Gasteiger partial charge is 0.478 e. The first-order valence-corrected chi connectivity index (χ1v) is 14.3. The maximum absolute atomic E-state index is 12.6. The third-order valence-electron chi connectivity index (χ3n) is 11.6. The minimum Gasteiger partial charge on any atom is -0.478 e. The molecule has 10 atom stereocenters. The fourth-order valence-corrected chi connectivity index (χ4v) is 9.79. The average Bonchev–Trinajstić information content (AvgIpc) is 3.05. The lowest BCUT2D eigenvalue weighted by atomic mass is 9.36. The van der Waals surface area contributed by atoms with Crippen LogP contribution in [0.5, 0.6) is 0 Å². The van der Waals surface area contributed by atoms with Crippen LogP contribution in [0, 0.1) is 39.9 Å². The van der Waals surface area contributed by atoms with Gasteiger partial charge in [-0.1, -0.05) is 39.3 Å². The summed E-state index contributed by atoms with van der Waals surface area (Å²) in [5.41, 5.74) is 1.57. The van der Waals surface area contributed by atoms with Gasteiger partial charge in [0.15, 0.2) is 0 Å². The fraction of sp³-hybridized carbons (Fsp3) is 0.806. The zero-order chi connectivity index (χ0) is 27.5. The van der Waals surface area contributed by atoms with Crippen LogP contribution in [-0.2, 0) is 14.3 Å². The van der Waals surface area contributed by atoms with E-state index in [2.05, 4.69) is 27.7 Å². The second-order valence-electron chi connectivity index (χ2n) is 13.6. The molecule has 6 nitrogen and oxygen atoms in total. The highest BCUT2D eigenvalue weighted by Gasteiger charge is 2.70. The van der Waals surface area contributed by atoms with Crippen molar-refractivity contribution in [3.8, 4) is 0 Å². The number of aliphatic hydroxyl groups is 2. The number of aliphatic hydroxyl groups excluding tert-OH is 2. The number of carboxylic acid groups (broad SMARTS) is 1. The van der Waals surface area contributed by atoms with Crippen molar-refractivity contribution in [2.75, 3.05) is 0 Å². The number of rotatable bonds is 5. The number of carbonyl (C=O) groups excluding carboxylic acids is 1. The van der Waals surface area contributed by atoms with E-state index in [9.17, 15) is 24.9 Å². The van der Waals surface area contributed by atoms with Crippen molar-refractivity contribution in [3.63, 3.8) is 0 Å². The normalized spacial score (nSPS) is 46.2. The molecule has 0 heterocycles. The lowest BCUT2D eigenvalue weighted by Gasteiger charge is -2.69. The van der Waals surface area contributed by atoms with Gasteiger partial charge in [-0.25, -0.2) is 4.79 Å². The van der Waals surface area contributed by atoms with Crippen LogP contribution in [0.4, 0.5) is 0 Å². The molecule has 6 heteroatoms. The highest BCUT2D eigenvalue weighted by molar-refractivity contribution is 5.88. The van der Waals surface area contributed by atoms with Crippen molar-refractivity contribution in [3.05, 3.63) is 22.8 Å². The number of fused-ring (bicyclic) bond motifs is 5. The molecular formula is C31H48O6. The standard InChI is InChI=1S/C31H48O6/c1-17(2)9-8-10-20(28(35)36)26-22-15-24(34)27-29(5)13-12-23(33)18(3)21(29)11-14-30(27,6)31(22,7)16-25(26)37-19(4)32/h9,18,21-25,27,33-34H,8,10-16H2,1-7H3,(H,35,36)/b26-20+/t18-,21-,22-,23+,24+,25-,27?,29-,30-,31-/m0/s1. The van der Waals surface area contributed by atoms with Crippen LogP contribution in [0.3, 0.4) is 0 Å². The number of ether oxygens (including phenoxy) is 1. The van der Waals surface area contributed by atoms with Gasteiger partial charge in [-0.05, 0) is 111 Å². The number of carboxylic acids is 1. The first-order valence-electron chi connectivity index (χ1n) is 14.3. The fourth-order valence-electron chi connectivity index (χ4n) is 9.79. The molecule has 0 aliphatic heterocycles. The zero-order valence-electron chi connectivity index (χ0n) is 23.8. The first-order chi connectivity index (χ1) is 17.2. The quantitative estimate of drug-likeness (QED) is 0.247. The van der Waals surface area contributed by atoms with E-state index in [0.717, 1.165) is 36.8 Å². The van der Waals surface area contributed by atoms with Gasteiger partial charge in [0.05, 0.1) is 12.2 Å². The summed E-state index contributed by atoms with van der Waals surface area (Å²) in [7, 11) is 0. The molecule has 37 heavy (non-hydrogen) atoms. The van der Waals surface area contributed by atoms with E-state index in [0.29, 0.717) is 37.2 Å². The number of allylic oxidation sites excluding steroid dienone is 2. The van der Waals surface area contributed by atoms with Crippen LogP contribution in [0.15, 0.2) is 22.8 Å². The van der Waals surface area contributed by atoms with E-state index in [-0.39, 0.29) is 40.1 Å². The molecule has 0 aromatic rings.